The van der Waals surface area contributed by atoms with Gasteiger partial charge in [0.15, 0.2) is 17.2 Å². The molecule has 0 aliphatic heterocycles. The first-order valence-electron chi connectivity index (χ1n) is 7.97. The fourth-order valence-electron chi connectivity index (χ4n) is 2.47. The van der Waals surface area contributed by atoms with Crippen LogP contribution < -0.4 is 15.4 Å². The highest BCUT2D eigenvalue weighted by Gasteiger charge is 2.16. The summed E-state index contributed by atoms with van der Waals surface area (Å²) in [5.41, 5.74) is 0.667. The number of ether oxygens (including phenoxy) is 1. The number of amides is 2. The molecule has 0 radical (unpaired) electrons. The highest BCUT2D eigenvalue weighted by Crippen LogP contribution is 2.30. The van der Waals surface area contributed by atoms with Crippen molar-refractivity contribution in [3.63, 3.8) is 0 Å². The van der Waals surface area contributed by atoms with E-state index >= 15 is 0 Å². The quantitative estimate of drug-likeness (QED) is 0.713. The average Bonchev–Trinajstić information content (AvgIpc) is 3.20. The topological polar surface area (TPSA) is 102 Å². The third-order valence-corrected chi connectivity index (χ3v) is 3.72. The molecule has 25 heavy (non-hydrogen) atoms. The second kappa shape index (κ2) is 7.25. The van der Waals surface area contributed by atoms with Crippen molar-refractivity contribution in [2.75, 3.05) is 13.7 Å². The summed E-state index contributed by atoms with van der Waals surface area (Å²) in [6, 6.07) is 6.97. The fourth-order valence-corrected chi connectivity index (χ4v) is 2.47. The van der Waals surface area contributed by atoms with Crippen LogP contribution in [0.25, 0.3) is 11.0 Å². The lowest BCUT2D eigenvalue weighted by atomic mass is 10.2. The van der Waals surface area contributed by atoms with Gasteiger partial charge < -0.3 is 24.3 Å². The molecule has 3 rings (SSSR count). The number of furan rings is 1. The minimum absolute atomic E-state index is 0.289. The largest absolute Gasteiger partial charge is 0.493 e. The predicted octanol–water partition coefficient (Wildman–Crippen LogP) is 2.74. The van der Waals surface area contributed by atoms with Crippen LogP contribution in [-0.2, 0) is 6.42 Å². The molecule has 0 aliphatic rings. The fraction of sp³-hybridized carbons (Fsp3) is 0.353. The second-order valence-electron chi connectivity index (χ2n) is 5.63. The number of rotatable bonds is 6. The summed E-state index contributed by atoms with van der Waals surface area (Å²) in [7, 11) is 1.59. The molecule has 0 saturated heterocycles. The van der Waals surface area contributed by atoms with Gasteiger partial charge in [0.2, 0.25) is 5.89 Å². The molecule has 132 valence electrons. The van der Waals surface area contributed by atoms with Gasteiger partial charge in [-0.3, -0.25) is 0 Å². The lowest BCUT2D eigenvalue weighted by Crippen LogP contribution is -2.37. The summed E-state index contributed by atoms with van der Waals surface area (Å²) in [5.74, 6) is 2.39. The second-order valence-corrected chi connectivity index (χ2v) is 5.63. The van der Waals surface area contributed by atoms with Gasteiger partial charge in [0.1, 0.15) is 5.76 Å². The van der Waals surface area contributed by atoms with Crippen LogP contribution >= 0.6 is 0 Å². The molecular formula is C17H20N4O4. The van der Waals surface area contributed by atoms with Gasteiger partial charge in [-0.15, -0.1) is 0 Å². The Morgan fingerprint density at radius 1 is 1.40 bits per heavy atom. The Morgan fingerprint density at radius 3 is 2.96 bits per heavy atom. The van der Waals surface area contributed by atoms with Crippen LogP contribution in [-0.4, -0.2) is 29.8 Å². The molecule has 0 bridgehead atoms. The number of benzene rings is 1. The van der Waals surface area contributed by atoms with Crippen LogP contribution in [0.2, 0.25) is 0 Å². The Labute approximate surface area is 144 Å². The molecule has 3 aromatic rings. The maximum Gasteiger partial charge on any atom is 0.315 e. The van der Waals surface area contributed by atoms with Crippen molar-refractivity contribution >= 4 is 17.0 Å². The lowest BCUT2D eigenvalue weighted by molar-refractivity contribution is 0.236. The SMILES string of the molecule is COc1cccc2cc(C(C)NC(=O)NCCc3nc(C)no3)oc12. The number of hydrogen-bond donors (Lipinski definition) is 2. The predicted molar refractivity (Wildman–Crippen MR) is 90.5 cm³/mol. The van der Waals surface area contributed by atoms with E-state index in [1.54, 1.807) is 14.0 Å². The van der Waals surface area contributed by atoms with Gasteiger partial charge in [-0.2, -0.15) is 4.98 Å². The summed E-state index contributed by atoms with van der Waals surface area (Å²) in [4.78, 5) is 16.1. The Bertz CT molecular complexity index is 871. The maximum atomic E-state index is 12.0. The first-order valence-corrected chi connectivity index (χ1v) is 7.97. The molecular weight excluding hydrogens is 324 g/mol. The van der Waals surface area contributed by atoms with Crippen molar-refractivity contribution in [1.82, 2.24) is 20.8 Å². The lowest BCUT2D eigenvalue weighted by Gasteiger charge is -2.12. The third-order valence-electron chi connectivity index (χ3n) is 3.72. The number of para-hydroxylation sites is 1. The van der Waals surface area contributed by atoms with Crippen molar-refractivity contribution in [2.45, 2.75) is 26.3 Å². The van der Waals surface area contributed by atoms with E-state index in [4.69, 9.17) is 13.7 Å². The number of urea groups is 1. The number of nitrogens with zero attached hydrogens (tertiary/aromatic N) is 2. The molecule has 0 saturated carbocycles. The third kappa shape index (κ3) is 3.90. The molecule has 2 N–H and O–H groups in total. The molecule has 0 spiro atoms. The van der Waals surface area contributed by atoms with Gasteiger partial charge in [-0.1, -0.05) is 17.3 Å². The molecule has 1 aromatic carbocycles. The van der Waals surface area contributed by atoms with Crippen LogP contribution in [0.3, 0.4) is 0 Å². The summed E-state index contributed by atoms with van der Waals surface area (Å²) in [6.07, 6.45) is 0.477. The average molecular weight is 344 g/mol. The zero-order chi connectivity index (χ0) is 17.8. The summed E-state index contributed by atoms with van der Waals surface area (Å²) < 4.78 is 16.1. The van der Waals surface area contributed by atoms with E-state index in [1.807, 2.05) is 31.2 Å². The number of hydrogen-bond acceptors (Lipinski definition) is 6. The summed E-state index contributed by atoms with van der Waals surface area (Å²) in [5, 5.41) is 10.2. The van der Waals surface area contributed by atoms with Gasteiger partial charge in [0, 0.05) is 18.4 Å². The number of fused-ring (bicyclic) bond motifs is 1. The first kappa shape index (κ1) is 16.8. The minimum atomic E-state index is -0.295. The van der Waals surface area contributed by atoms with Crippen LogP contribution in [0.1, 0.15) is 30.4 Å². The first-order chi connectivity index (χ1) is 12.1. The van der Waals surface area contributed by atoms with Gasteiger partial charge >= 0.3 is 6.03 Å². The van der Waals surface area contributed by atoms with Crippen molar-refractivity contribution in [3.05, 3.63) is 41.7 Å². The summed E-state index contributed by atoms with van der Waals surface area (Å²) >= 11 is 0. The van der Waals surface area contributed by atoms with Crippen LogP contribution in [0.5, 0.6) is 5.75 Å². The Hall–Kier alpha value is -3.03. The highest BCUT2D eigenvalue weighted by molar-refractivity contribution is 5.84. The molecule has 1 unspecified atom stereocenters. The molecule has 8 heteroatoms. The van der Waals surface area contributed by atoms with Gasteiger partial charge in [0.05, 0.1) is 13.2 Å². The van der Waals surface area contributed by atoms with Crippen LogP contribution in [0.4, 0.5) is 4.79 Å². The number of nitrogens with one attached hydrogen (secondary N) is 2. The number of methoxy groups -OCH3 is 1. The van der Waals surface area contributed by atoms with E-state index in [9.17, 15) is 4.79 Å². The molecule has 1 atom stereocenters. The van der Waals surface area contributed by atoms with Crippen molar-refractivity contribution in [1.29, 1.82) is 0 Å². The standard InChI is InChI=1S/C17H20N4O4/c1-10(14-9-12-5-4-6-13(23-3)16(12)24-14)19-17(22)18-8-7-15-20-11(2)21-25-15/h4-6,9-10H,7-8H2,1-3H3,(H2,18,19,22). The molecule has 0 fully saturated rings. The monoisotopic (exact) mass is 344 g/mol. The van der Waals surface area contributed by atoms with E-state index < -0.39 is 0 Å². The van der Waals surface area contributed by atoms with Crippen LogP contribution in [0.15, 0.2) is 33.2 Å². The van der Waals surface area contributed by atoms with E-state index in [0.29, 0.717) is 41.8 Å². The highest BCUT2D eigenvalue weighted by atomic mass is 16.5. The van der Waals surface area contributed by atoms with Crippen molar-refractivity contribution < 1.29 is 18.5 Å². The molecule has 0 aliphatic carbocycles. The number of carbonyl (C=O) groups is 1. The minimum Gasteiger partial charge on any atom is -0.493 e. The molecule has 2 amide bonds. The number of aryl methyl sites for hydroxylation is 1. The number of carbonyl (C=O) groups excluding carboxylic acids is 1. The maximum absolute atomic E-state index is 12.0. The zero-order valence-electron chi connectivity index (χ0n) is 14.3. The normalized spacial score (nSPS) is 12.1. The van der Waals surface area contributed by atoms with E-state index in [-0.39, 0.29) is 12.1 Å². The van der Waals surface area contributed by atoms with E-state index in [0.717, 1.165) is 5.39 Å². The molecule has 8 nitrogen and oxygen atoms in total. The Morgan fingerprint density at radius 2 is 2.24 bits per heavy atom. The van der Waals surface area contributed by atoms with Crippen molar-refractivity contribution in [2.24, 2.45) is 0 Å². The Kier molecular flexibility index (Phi) is 4.87. The Balaban J connectivity index is 1.56. The van der Waals surface area contributed by atoms with Gasteiger partial charge in [-0.05, 0) is 26.0 Å². The van der Waals surface area contributed by atoms with Crippen molar-refractivity contribution in [3.8, 4) is 5.75 Å². The van der Waals surface area contributed by atoms with E-state index in [2.05, 4.69) is 20.8 Å². The molecule has 2 aromatic heterocycles. The summed E-state index contributed by atoms with van der Waals surface area (Å²) in [6.45, 7) is 4.00. The van der Waals surface area contributed by atoms with Crippen LogP contribution in [0, 0.1) is 6.92 Å². The zero-order valence-corrected chi connectivity index (χ0v) is 14.3. The van der Waals surface area contributed by atoms with E-state index in [1.165, 1.54) is 0 Å². The molecule has 2 heterocycles. The van der Waals surface area contributed by atoms with Gasteiger partial charge in [0.25, 0.3) is 0 Å². The van der Waals surface area contributed by atoms with Gasteiger partial charge in [-0.25, -0.2) is 4.79 Å². The smallest absolute Gasteiger partial charge is 0.315 e. The number of aromatic nitrogens is 2.